The standard InChI is InChI=1S/C18H20N2O2/c1-14-12-16(8-10-17(14)22-2)13-19-20-18(21)11-9-15-6-4-3-5-7-15/h3-8,10,12-13H,9,11H2,1-2H3,(H,20,21). The first-order valence-electron chi connectivity index (χ1n) is 7.19. The van der Waals surface area contributed by atoms with Crippen molar-refractivity contribution in [3.63, 3.8) is 0 Å². The fourth-order valence-electron chi connectivity index (χ4n) is 2.12. The highest BCUT2D eigenvalue weighted by Crippen LogP contribution is 2.17. The maximum absolute atomic E-state index is 11.7. The zero-order valence-electron chi connectivity index (χ0n) is 12.9. The lowest BCUT2D eigenvalue weighted by Gasteiger charge is -2.04. The van der Waals surface area contributed by atoms with E-state index < -0.39 is 0 Å². The first-order valence-corrected chi connectivity index (χ1v) is 7.19. The third kappa shape index (κ3) is 4.74. The summed E-state index contributed by atoms with van der Waals surface area (Å²) in [6.07, 6.45) is 2.76. The monoisotopic (exact) mass is 296 g/mol. The van der Waals surface area contributed by atoms with Gasteiger partial charge in [-0.15, -0.1) is 0 Å². The van der Waals surface area contributed by atoms with Crippen molar-refractivity contribution in [3.05, 3.63) is 65.2 Å². The highest BCUT2D eigenvalue weighted by atomic mass is 16.5. The molecule has 4 nitrogen and oxygen atoms in total. The molecule has 2 rings (SSSR count). The van der Waals surface area contributed by atoms with E-state index in [0.717, 1.165) is 22.4 Å². The van der Waals surface area contributed by atoms with Gasteiger partial charge < -0.3 is 4.74 Å². The van der Waals surface area contributed by atoms with Crippen molar-refractivity contribution in [2.24, 2.45) is 5.10 Å². The molecule has 1 amide bonds. The summed E-state index contributed by atoms with van der Waals surface area (Å²) in [7, 11) is 1.64. The summed E-state index contributed by atoms with van der Waals surface area (Å²) in [6.45, 7) is 1.97. The molecule has 2 aromatic carbocycles. The molecule has 2 aromatic rings. The van der Waals surface area contributed by atoms with E-state index in [-0.39, 0.29) is 5.91 Å². The molecule has 22 heavy (non-hydrogen) atoms. The van der Waals surface area contributed by atoms with Gasteiger partial charge in [0.1, 0.15) is 5.75 Å². The Hall–Kier alpha value is -2.62. The van der Waals surface area contributed by atoms with Crippen LogP contribution in [0.1, 0.15) is 23.1 Å². The molecule has 0 aliphatic carbocycles. The smallest absolute Gasteiger partial charge is 0.240 e. The lowest BCUT2D eigenvalue weighted by Crippen LogP contribution is -2.17. The van der Waals surface area contributed by atoms with Crippen molar-refractivity contribution >= 4 is 12.1 Å². The molecule has 0 aliphatic rings. The Bertz CT molecular complexity index is 651. The van der Waals surface area contributed by atoms with E-state index in [1.165, 1.54) is 0 Å². The van der Waals surface area contributed by atoms with Gasteiger partial charge in [-0.1, -0.05) is 30.3 Å². The number of carbonyl (C=O) groups excluding carboxylic acids is 1. The van der Waals surface area contributed by atoms with Gasteiger partial charge in [0.05, 0.1) is 13.3 Å². The Labute approximate surface area is 130 Å². The van der Waals surface area contributed by atoms with Crippen LogP contribution >= 0.6 is 0 Å². The van der Waals surface area contributed by atoms with Crippen LogP contribution in [0.3, 0.4) is 0 Å². The SMILES string of the molecule is COc1ccc(C=NNC(=O)CCc2ccccc2)cc1C. The summed E-state index contributed by atoms with van der Waals surface area (Å²) in [5, 5.41) is 3.99. The topological polar surface area (TPSA) is 50.7 Å². The summed E-state index contributed by atoms with van der Waals surface area (Å²) in [4.78, 5) is 11.7. The van der Waals surface area contributed by atoms with Crippen molar-refractivity contribution in [1.82, 2.24) is 5.43 Å². The minimum atomic E-state index is -0.0923. The number of benzene rings is 2. The van der Waals surface area contributed by atoms with Crippen LogP contribution in [0, 0.1) is 6.92 Å². The largest absolute Gasteiger partial charge is 0.496 e. The van der Waals surface area contributed by atoms with Gasteiger partial charge in [0.15, 0.2) is 0 Å². The van der Waals surface area contributed by atoms with Gasteiger partial charge in [-0.25, -0.2) is 5.43 Å². The number of nitrogens with one attached hydrogen (secondary N) is 1. The zero-order valence-corrected chi connectivity index (χ0v) is 12.9. The molecule has 0 heterocycles. The quantitative estimate of drug-likeness (QED) is 0.658. The van der Waals surface area contributed by atoms with Crippen molar-refractivity contribution in [3.8, 4) is 5.75 Å². The number of nitrogens with zero attached hydrogens (tertiary/aromatic N) is 1. The molecule has 0 atom stereocenters. The van der Waals surface area contributed by atoms with Gasteiger partial charge in [-0.05, 0) is 48.2 Å². The molecular weight excluding hydrogens is 276 g/mol. The number of methoxy groups -OCH3 is 1. The van der Waals surface area contributed by atoms with Crippen molar-refractivity contribution in [2.45, 2.75) is 19.8 Å². The Kier molecular flexibility index (Phi) is 5.72. The minimum Gasteiger partial charge on any atom is -0.496 e. The maximum atomic E-state index is 11.7. The molecule has 1 N–H and O–H groups in total. The Morgan fingerprint density at radius 3 is 2.68 bits per heavy atom. The summed E-state index contributed by atoms with van der Waals surface area (Å²) >= 11 is 0. The second kappa shape index (κ2) is 7.98. The van der Waals surface area contributed by atoms with Crippen LogP contribution in [-0.2, 0) is 11.2 Å². The summed E-state index contributed by atoms with van der Waals surface area (Å²) in [5.41, 5.74) is 5.64. The molecule has 4 heteroatoms. The second-order valence-corrected chi connectivity index (χ2v) is 5.01. The number of aryl methyl sites for hydroxylation is 2. The predicted molar refractivity (Wildman–Crippen MR) is 88.2 cm³/mol. The molecular formula is C18H20N2O2. The lowest BCUT2D eigenvalue weighted by molar-refractivity contribution is -0.121. The number of carbonyl (C=O) groups is 1. The van der Waals surface area contributed by atoms with Gasteiger partial charge in [-0.3, -0.25) is 4.79 Å². The Morgan fingerprint density at radius 1 is 1.23 bits per heavy atom. The fourth-order valence-corrected chi connectivity index (χ4v) is 2.12. The Balaban J connectivity index is 1.81. The highest BCUT2D eigenvalue weighted by molar-refractivity contribution is 5.82. The van der Waals surface area contributed by atoms with Crippen molar-refractivity contribution in [1.29, 1.82) is 0 Å². The highest BCUT2D eigenvalue weighted by Gasteiger charge is 2.01. The molecule has 114 valence electrons. The molecule has 0 saturated heterocycles. The normalized spacial score (nSPS) is 10.6. The van der Waals surface area contributed by atoms with Crippen LogP contribution in [0.5, 0.6) is 5.75 Å². The molecule has 0 bridgehead atoms. The summed E-state index contributed by atoms with van der Waals surface area (Å²) < 4.78 is 5.20. The zero-order chi connectivity index (χ0) is 15.8. The van der Waals surface area contributed by atoms with E-state index in [4.69, 9.17) is 4.74 Å². The first-order chi connectivity index (χ1) is 10.7. The molecule has 0 radical (unpaired) electrons. The van der Waals surface area contributed by atoms with Gasteiger partial charge >= 0.3 is 0 Å². The average molecular weight is 296 g/mol. The van der Waals surface area contributed by atoms with E-state index in [1.807, 2.05) is 55.5 Å². The minimum absolute atomic E-state index is 0.0923. The Morgan fingerprint density at radius 2 is 2.00 bits per heavy atom. The molecule has 0 saturated carbocycles. The van der Waals surface area contributed by atoms with Gasteiger partial charge in [0, 0.05) is 6.42 Å². The average Bonchev–Trinajstić information content (AvgIpc) is 2.54. The van der Waals surface area contributed by atoms with E-state index >= 15 is 0 Å². The van der Waals surface area contributed by atoms with Gasteiger partial charge in [0.2, 0.25) is 5.91 Å². The van der Waals surface area contributed by atoms with E-state index in [2.05, 4.69) is 10.5 Å². The second-order valence-electron chi connectivity index (χ2n) is 5.01. The van der Waals surface area contributed by atoms with Crippen LogP contribution in [0.2, 0.25) is 0 Å². The lowest BCUT2D eigenvalue weighted by atomic mass is 10.1. The molecule has 0 spiro atoms. The number of hydrogen-bond donors (Lipinski definition) is 1. The molecule has 0 aromatic heterocycles. The third-order valence-electron chi connectivity index (χ3n) is 3.31. The summed E-state index contributed by atoms with van der Waals surface area (Å²) in [6, 6.07) is 15.7. The third-order valence-corrected chi connectivity index (χ3v) is 3.31. The van der Waals surface area contributed by atoms with Crippen LogP contribution in [0.4, 0.5) is 0 Å². The van der Waals surface area contributed by atoms with Crippen LogP contribution in [-0.4, -0.2) is 19.2 Å². The molecule has 0 fully saturated rings. The summed E-state index contributed by atoms with van der Waals surface area (Å²) in [5.74, 6) is 0.745. The number of amides is 1. The van der Waals surface area contributed by atoms with E-state index in [1.54, 1.807) is 13.3 Å². The predicted octanol–water partition coefficient (Wildman–Crippen LogP) is 3.09. The van der Waals surface area contributed by atoms with Crippen LogP contribution in [0.15, 0.2) is 53.6 Å². The molecule has 0 unspecified atom stereocenters. The van der Waals surface area contributed by atoms with Crippen molar-refractivity contribution in [2.75, 3.05) is 7.11 Å². The van der Waals surface area contributed by atoms with Gasteiger partial charge in [-0.2, -0.15) is 5.10 Å². The number of hydrogen-bond acceptors (Lipinski definition) is 3. The fraction of sp³-hybridized carbons (Fsp3) is 0.222. The number of rotatable bonds is 6. The van der Waals surface area contributed by atoms with Crippen LogP contribution in [0.25, 0.3) is 0 Å². The first kappa shape index (κ1) is 15.8. The van der Waals surface area contributed by atoms with Gasteiger partial charge in [0.25, 0.3) is 0 Å². The number of ether oxygens (including phenoxy) is 1. The van der Waals surface area contributed by atoms with Crippen LogP contribution < -0.4 is 10.2 Å². The molecule has 0 aliphatic heterocycles. The maximum Gasteiger partial charge on any atom is 0.240 e. The van der Waals surface area contributed by atoms with Crippen molar-refractivity contribution < 1.29 is 9.53 Å². The van der Waals surface area contributed by atoms with E-state index in [9.17, 15) is 4.79 Å². The van der Waals surface area contributed by atoms with E-state index in [0.29, 0.717) is 12.8 Å². The number of hydrazone groups is 1.